The molecule has 0 atom stereocenters. The number of thioether (sulfide) groups is 1. The van der Waals surface area contributed by atoms with Gasteiger partial charge in [-0.15, -0.1) is 10.2 Å². The van der Waals surface area contributed by atoms with Gasteiger partial charge >= 0.3 is 0 Å². The van der Waals surface area contributed by atoms with Gasteiger partial charge in [-0.25, -0.2) is 0 Å². The van der Waals surface area contributed by atoms with Crippen LogP contribution in [0.5, 0.6) is 5.75 Å². The van der Waals surface area contributed by atoms with E-state index >= 15 is 0 Å². The highest BCUT2D eigenvalue weighted by Crippen LogP contribution is 2.30. The maximum atomic E-state index is 12.5. The van der Waals surface area contributed by atoms with Crippen molar-refractivity contribution in [3.05, 3.63) is 58.1 Å². The van der Waals surface area contributed by atoms with Gasteiger partial charge in [0.2, 0.25) is 5.91 Å². The second kappa shape index (κ2) is 8.77. The minimum Gasteiger partial charge on any atom is -0.495 e. The summed E-state index contributed by atoms with van der Waals surface area (Å²) >= 11 is 7.55. The summed E-state index contributed by atoms with van der Waals surface area (Å²) in [7, 11) is 1.56. The number of aryl methyl sites for hydroxylation is 3. The van der Waals surface area contributed by atoms with Crippen molar-refractivity contribution in [2.45, 2.75) is 32.3 Å². The molecule has 0 bridgehead atoms. The van der Waals surface area contributed by atoms with Crippen LogP contribution in [0.15, 0.2) is 41.6 Å². The Morgan fingerprint density at radius 3 is 2.71 bits per heavy atom. The van der Waals surface area contributed by atoms with E-state index in [2.05, 4.69) is 58.9 Å². The summed E-state index contributed by atoms with van der Waals surface area (Å²) in [5, 5.41) is 14.1. The number of hydrogen-bond acceptors (Lipinski definition) is 5. The molecular weight excluding hydrogens is 432 g/mol. The molecule has 0 fully saturated rings. The molecule has 8 heteroatoms. The van der Waals surface area contributed by atoms with Gasteiger partial charge in [0.15, 0.2) is 10.8 Å². The van der Waals surface area contributed by atoms with Crippen molar-refractivity contribution in [1.82, 2.24) is 14.6 Å². The first-order chi connectivity index (χ1) is 14.9. The molecule has 0 spiro atoms. The van der Waals surface area contributed by atoms with Crippen LogP contribution in [0.1, 0.15) is 23.1 Å². The van der Waals surface area contributed by atoms with Gasteiger partial charge in [-0.3, -0.25) is 9.20 Å². The summed E-state index contributed by atoms with van der Waals surface area (Å²) in [4.78, 5) is 12.5. The van der Waals surface area contributed by atoms with Crippen molar-refractivity contribution >= 4 is 51.5 Å². The number of nitrogens with one attached hydrogen (secondary N) is 1. The Labute approximate surface area is 190 Å². The third-order valence-corrected chi connectivity index (χ3v) is 6.26. The van der Waals surface area contributed by atoms with E-state index < -0.39 is 0 Å². The van der Waals surface area contributed by atoms with Gasteiger partial charge in [0, 0.05) is 22.6 Å². The van der Waals surface area contributed by atoms with E-state index in [1.165, 1.54) is 33.8 Å². The molecule has 0 aliphatic carbocycles. The number of carbonyl (C=O) groups excluding carboxylic acids is 1. The SMILES string of the molecule is COc1ccc(Cl)cc1NC(=O)CCSc1nnc2cc(C)c3cc(C)cc(C)c3n12. The van der Waals surface area contributed by atoms with Gasteiger partial charge < -0.3 is 10.1 Å². The number of rotatable bonds is 6. The van der Waals surface area contributed by atoms with Crippen molar-refractivity contribution < 1.29 is 9.53 Å². The molecule has 31 heavy (non-hydrogen) atoms. The molecular formula is C23H23ClN4O2S. The summed E-state index contributed by atoms with van der Waals surface area (Å²) in [6, 6.07) is 11.5. The highest BCUT2D eigenvalue weighted by Gasteiger charge is 2.15. The van der Waals surface area contributed by atoms with E-state index in [4.69, 9.17) is 16.3 Å². The predicted octanol–water partition coefficient (Wildman–Crippen LogP) is 5.59. The molecule has 0 saturated carbocycles. The highest BCUT2D eigenvalue weighted by molar-refractivity contribution is 7.99. The Morgan fingerprint density at radius 1 is 1.13 bits per heavy atom. The van der Waals surface area contributed by atoms with E-state index in [0.717, 1.165) is 16.3 Å². The second-order valence-electron chi connectivity index (χ2n) is 7.47. The van der Waals surface area contributed by atoms with E-state index in [1.54, 1.807) is 25.3 Å². The van der Waals surface area contributed by atoms with Crippen LogP contribution in [0.4, 0.5) is 5.69 Å². The molecule has 2 aromatic heterocycles. The molecule has 0 radical (unpaired) electrons. The monoisotopic (exact) mass is 454 g/mol. The highest BCUT2D eigenvalue weighted by atomic mass is 35.5. The fraction of sp³-hybridized carbons (Fsp3) is 0.261. The molecule has 1 N–H and O–H groups in total. The zero-order valence-corrected chi connectivity index (χ0v) is 19.4. The lowest BCUT2D eigenvalue weighted by molar-refractivity contribution is -0.115. The molecule has 160 valence electrons. The number of aromatic nitrogens is 3. The van der Waals surface area contributed by atoms with E-state index in [-0.39, 0.29) is 5.91 Å². The average Bonchev–Trinajstić information content (AvgIpc) is 3.10. The largest absolute Gasteiger partial charge is 0.495 e. The van der Waals surface area contributed by atoms with Gasteiger partial charge in [0.05, 0.1) is 18.3 Å². The minimum absolute atomic E-state index is 0.116. The zero-order chi connectivity index (χ0) is 22.1. The number of amides is 1. The average molecular weight is 455 g/mol. The lowest BCUT2D eigenvalue weighted by Gasteiger charge is -2.12. The third kappa shape index (κ3) is 4.34. The van der Waals surface area contributed by atoms with Crippen LogP contribution in [0.3, 0.4) is 0 Å². The number of methoxy groups -OCH3 is 1. The van der Waals surface area contributed by atoms with E-state index in [0.29, 0.717) is 28.6 Å². The molecule has 2 aromatic carbocycles. The van der Waals surface area contributed by atoms with Gasteiger partial charge in [-0.1, -0.05) is 35.0 Å². The number of carbonyl (C=O) groups is 1. The minimum atomic E-state index is -0.116. The van der Waals surface area contributed by atoms with Crippen LogP contribution >= 0.6 is 23.4 Å². The van der Waals surface area contributed by atoms with Crippen molar-refractivity contribution in [3.8, 4) is 5.75 Å². The Kier molecular flexibility index (Phi) is 6.07. The molecule has 2 heterocycles. The Hall–Kier alpha value is -2.77. The van der Waals surface area contributed by atoms with Crippen LogP contribution in [0, 0.1) is 20.8 Å². The smallest absolute Gasteiger partial charge is 0.225 e. The number of anilines is 1. The standard InChI is InChI=1S/C23H23ClN4O2S/c1-13-9-15(3)22-17(10-13)14(2)11-20-26-27-23(28(20)22)31-8-7-21(29)25-18-12-16(24)5-6-19(18)30-4/h5-6,9-12H,7-8H2,1-4H3,(H,25,29). The number of halogens is 1. The molecule has 0 unspecified atom stereocenters. The molecule has 4 aromatic rings. The third-order valence-electron chi connectivity index (χ3n) is 5.09. The summed E-state index contributed by atoms with van der Waals surface area (Å²) in [6.45, 7) is 6.30. The van der Waals surface area contributed by atoms with Gasteiger partial charge in [0.25, 0.3) is 0 Å². The molecule has 0 saturated heterocycles. The summed E-state index contributed by atoms with van der Waals surface area (Å²) in [5.41, 5.74) is 6.06. The molecule has 0 aliphatic rings. The molecule has 1 amide bonds. The number of nitrogens with zero attached hydrogens (tertiary/aromatic N) is 3. The first-order valence-electron chi connectivity index (χ1n) is 9.89. The Balaban J connectivity index is 1.53. The zero-order valence-electron chi connectivity index (χ0n) is 17.8. The number of hydrogen-bond donors (Lipinski definition) is 1. The van der Waals surface area contributed by atoms with Gasteiger partial charge in [0.1, 0.15) is 5.75 Å². The fourth-order valence-corrected chi connectivity index (χ4v) is 4.79. The van der Waals surface area contributed by atoms with Gasteiger partial charge in [-0.05, 0) is 62.2 Å². The number of ether oxygens (including phenoxy) is 1. The van der Waals surface area contributed by atoms with Crippen molar-refractivity contribution in [1.29, 1.82) is 0 Å². The first kappa shape index (κ1) is 21.5. The van der Waals surface area contributed by atoms with Crippen LogP contribution in [-0.2, 0) is 4.79 Å². The summed E-state index contributed by atoms with van der Waals surface area (Å²) in [6.07, 6.45) is 0.317. The quantitative estimate of drug-likeness (QED) is 0.384. The normalized spacial score (nSPS) is 11.3. The number of fused-ring (bicyclic) bond motifs is 3. The summed E-state index contributed by atoms with van der Waals surface area (Å²) < 4.78 is 7.37. The van der Waals surface area contributed by atoms with Crippen LogP contribution in [0.25, 0.3) is 16.6 Å². The topological polar surface area (TPSA) is 68.5 Å². The fourth-order valence-electron chi connectivity index (χ4n) is 3.73. The second-order valence-corrected chi connectivity index (χ2v) is 8.97. The Bertz CT molecular complexity index is 1300. The van der Waals surface area contributed by atoms with Crippen LogP contribution in [0.2, 0.25) is 5.02 Å². The number of benzene rings is 2. The lowest BCUT2D eigenvalue weighted by Crippen LogP contribution is -2.13. The van der Waals surface area contributed by atoms with Crippen LogP contribution < -0.4 is 10.1 Å². The van der Waals surface area contributed by atoms with Crippen LogP contribution in [-0.4, -0.2) is 33.4 Å². The maximum Gasteiger partial charge on any atom is 0.225 e. The summed E-state index contributed by atoms with van der Waals surface area (Å²) in [5.74, 6) is 1.02. The van der Waals surface area contributed by atoms with E-state index in [9.17, 15) is 4.79 Å². The van der Waals surface area contributed by atoms with Crippen molar-refractivity contribution in [3.63, 3.8) is 0 Å². The Morgan fingerprint density at radius 2 is 1.94 bits per heavy atom. The van der Waals surface area contributed by atoms with Gasteiger partial charge in [-0.2, -0.15) is 0 Å². The number of pyridine rings is 1. The predicted molar refractivity (Wildman–Crippen MR) is 127 cm³/mol. The van der Waals surface area contributed by atoms with Crippen molar-refractivity contribution in [2.24, 2.45) is 0 Å². The maximum absolute atomic E-state index is 12.5. The lowest BCUT2D eigenvalue weighted by atomic mass is 10.0. The molecule has 6 nitrogen and oxygen atoms in total. The van der Waals surface area contributed by atoms with E-state index in [1.807, 2.05) is 0 Å². The van der Waals surface area contributed by atoms with Crippen molar-refractivity contribution in [2.75, 3.05) is 18.2 Å². The molecule has 4 rings (SSSR count). The first-order valence-corrected chi connectivity index (χ1v) is 11.3. The molecule has 0 aliphatic heterocycles.